The van der Waals surface area contributed by atoms with E-state index in [2.05, 4.69) is 5.32 Å². The minimum atomic E-state index is -0.998. The normalized spacial score (nSPS) is 23.6. The van der Waals surface area contributed by atoms with Gasteiger partial charge in [-0.1, -0.05) is 25.1 Å². The molecule has 0 fully saturated rings. The summed E-state index contributed by atoms with van der Waals surface area (Å²) in [4.78, 5) is 38.8. The van der Waals surface area contributed by atoms with Gasteiger partial charge in [0.2, 0.25) is 0 Å². The molecular weight excluding hydrogens is 389 g/mol. The minimum absolute atomic E-state index is 0.141. The first-order valence-electron chi connectivity index (χ1n) is 10.1. The molecule has 0 spiro atoms. The Kier molecular flexibility index (Phi) is 6.39. The zero-order valence-corrected chi connectivity index (χ0v) is 17.6. The Labute approximate surface area is 175 Å². The number of hydrogen-bond acceptors (Lipinski definition) is 6. The minimum Gasteiger partial charge on any atom is -0.465 e. The molecule has 0 aromatic heterocycles. The number of dihydropyridines is 1. The maximum absolute atomic E-state index is 14.8. The second kappa shape index (κ2) is 8.81. The van der Waals surface area contributed by atoms with Gasteiger partial charge in [-0.2, -0.15) is 0 Å². The van der Waals surface area contributed by atoms with Crippen molar-refractivity contribution in [2.45, 2.75) is 40.0 Å². The second-order valence-corrected chi connectivity index (χ2v) is 7.51. The summed E-state index contributed by atoms with van der Waals surface area (Å²) in [5.41, 5.74) is 1.71. The van der Waals surface area contributed by atoms with E-state index < -0.39 is 35.4 Å². The van der Waals surface area contributed by atoms with Crippen LogP contribution in [0, 0.1) is 17.7 Å². The Morgan fingerprint density at radius 3 is 2.47 bits per heavy atom. The van der Waals surface area contributed by atoms with E-state index in [0.29, 0.717) is 17.8 Å². The third kappa shape index (κ3) is 3.76. The van der Waals surface area contributed by atoms with E-state index in [0.717, 1.165) is 0 Å². The van der Waals surface area contributed by atoms with Crippen LogP contribution in [0.15, 0.2) is 46.8 Å². The molecule has 1 aromatic carbocycles. The molecule has 7 heteroatoms. The van der Waals surface area contributed by atoms with Crippen LogP contribution in [0.4, 0.5) is 4.39 Å². The quantitative estimate of drug-likeness (QED) is 0.586. The van der Waals surface area contributed by atoms with Crippen molar-refractivity contribution in [3.05, 3.63) is 58.2 Å². The van der Waals surface area contributed by atoms with Crippen molar-refractivity contribution in [3.8, 4) is 0 Å². The molecule has 1 aliphatic carbocycles. The van der Waals surface area contributed by atoms with Gasteiger partial charge in [0, 0.05) is 22.5 Å². The average molecular weight is 415 g/mol. The van der Waals surface area contributed by atoms with E-state index in [4.69, 9.17) is 9.47 Å². The van der Waals surface area contributed by atoms with Crippen LogP contribution >= 0.6 is 0 Å². The largest absolute Gasteiger partial charge is 0.465 e. The zero-order chi connectivity index (χ0) is 22.0. The van der Waals surface area contributed by atoms with Crippen LogP contribution < -0.4 is 5.32 Å². The number of benzene rings is 1. The molecule has 3 atom stereocenters. The van der Waals surface area contributed by atoms with Crippen LogP contribution in [0.3, 0.4) is 0 Å². The van der Waals surface area contributed by atoms with Crippen LogP contribution in [0.25, 0.3) is 0 Å². The monoisotopic (exact) mass is 415 g/mol. The highest BCUT2D eigenvalue weighted by atomic mass is 19.1. The highest BCUT2D eigenvalue weighted by Gasteiger charge is 2.47. The Morgan fingerprint density at radius 2 is 1.83 bits per heavy atom. The third-order valence-electron chi connectivity index (χ3n) is 5.54. The van der Waals surface area contributed by atoms with Gasteiger partial charge in [-0.25, -0.2) is 9.18 Å². The lowest BCUT2D eigenvalue weighted by atomic mass is 9.69. The molecule has 30 heavy (non-hydrogen) atoms. The van der Waals surface area contributed by atoms with E-state index in [1.807, 2.05) is 6.92 Å². The van der Waals surface area contributed by atoms with Gasteiger partial charge >= 0.3 is 11.9 Å². The Balaban J connectivity index is 2.18. The standard InChI is InChI=1S/C23H26FNO5/c1-5-29-22(27)17-12(3)11-16-20(21(17)26)19(14-9-7-8-10-15(14)24)18(13(4)25-16)23(28)30-6-2/h7-10,12,17,19,25H,5-6,11H2,1-4H3/t12-,17-,19-/m1/s1. The van der Waals surface area contributed by atoms with Gasteiger partial charge in [-0.05, 0) is 39.2 Å². The predicted molar refractivity (Wildman–Crippen MR) is 108 cm³/mol. The highest BCUT2D eigenvalue weighted by Crippen LogP contribution is 2.46. The summed E-state index contributed by atoms with van der Waals surface area (Å²) in [6, 6.07) is 6.03. The number of Topliss-reactive ketones (excluding diaryl/α,β-unsaturated/α-hetero) is 1. The fourth-order valence-corrected chi connectivity index (χ4v) is 4.29. The lowest BCUT2D eigenvalue weighted by Gasteiger charge is -2.38. The van der Waals surface area contributed by atoms with Crippen molar-refractivity contribution in [3.63, 3.8) is 0 Å². The molecule has 6 nitrogen and oxygen atoms in total. The third-order valence-corrected chi connectivity index (χ3v) is 5.54. The zero-order valence-electron chi connectivity index (χ0n) is 17.6. The van der Waals surface area contributed by atoms with Crippen LogP contribution in [0.1, 0.15) is 45.6 Å². The first-order valence-corrected chi connectivity index (χ1v) is 10.1. The summed E-state index contributed by atoms with van der Waals surface area (Å²) >= 11 is 0. The topological polar surface area (TPSA) is 81.7 Å². The predicted octanol–water partition coefficient (Wildman–Crippen LogP) is 3.39. The highest BCUT2D eigenvalue weighted by molar-refractivity contribution is 6.12. The molecule has 3 rings (SSSR count). The Hall–Kier alpha value is -2.96. The number of nitrogens with one attached hydrogen (secondary N) is 1. The van der Waals surface area contributed by atoms with Crippen molar-refractivity contribution in [2.24, 2.45) is 11.8 Å². The Bertz CT molecular complexity index is 949. The van der Waals surface area contributed by atoms with Crippen LogP contribution in [-0.2, 0) is 23.9 Å². The van der Waals surface area contributed by atoms with Gasteiger partial charge in [-0.3, -0.25) is 9.59 Å². The maximum atomic E-state index is 14.8. The number of rotatable bonds is 5. The van der Waals surface area contributed by atoms with Crippen LogP contribution in [0.2, 0.25) is 0 Å². The van der Waals surface area contributed by atoms with Gasteiger partial charge in [0.05, 0.1) is 24.7 Å². The maximum Gasteiger partial charge on any atom is 0.336 e. The number of carbonyl (C=O) groups excluding carboxylic acids is 3. The summed E-state index contributed by atoms with van der Waals surface area (Å²) in [6.07, 6.45) is 0.406. The number of ether oxygens (including phenoxy) is 2. The van der Waals surface area contributed by atoms with Crippen molar-refractivity contribution < 1.29 is 28.2 Å². The fourth-order valence-electron chi connectivity index (χ4n) is 4.29. The van der Waals surface area contributed by atoms with Gasteiger partial charge in [0.1, 0.15) is 11.7 Å². The van der Waals surface area contributed by atoms with Crippen molar-refractivity contribution >= 4 is 17.7 Å². The van der Waals surface area contributed by atoms with Gasteiger partial charge in [0.15, 0.2) is 5.78 Å². The van der Waals surface area contributed by atoms with E-state index in [-0.39, 0.29) is 35.8 Å². The second-order valence-electron chi connectivity index (χ2n) is 7.51. The molecule has 0 unspecified atom stereocenters. The first kappa shape index (κ1) is 21.7. The molecule has 1 heterocycles. The van der Waals surface area contributed by atoms with E-state index in [9.17, 15) is 18.8 Å². The van der Waals surface area contributed by atoms with E-state index >= 15 is 0 Å². The van der Waals surface area contributed by atoms with Gasteiger partial charge < -0.3 is 14.8 Å². The summed E-state index contributed by atoms with van der Waals surface area (Å²) in [5.74, 6) is -4.46. The van der Waals surface area contributed by atoms with Crippen molar-refractivity contribution in [1.82, 2.24) is 5.32 Å². The molecule has 0 radical (unpaired) electrons. The SMILES string of the molecule is CCOC(=O)C1=C(C)NC2=C(C(=O)[C@H](C(=O)OCC)[C@H](C)C2)[C@@H]1c1ccccc1F. The molecule has 0 saturated heterocycles. The van der Waals surface area contributed by atoms with Gasteiger partial charge in [0.25, 0.3) is 0 Å². The first-order chi connectivity index (χ1) is 14.3. The molecule has 1 N–H and O–H groups in total. The number of esters is 2. The number of allylic oxidation sites excluding steroid dienone is 3. The number of carbonyl (C=O) groups is 3. The Morgan fingerprint density at radius 1 is 1.17 bits per heavy atom. The molecule has 2 aliphatic rings. The van der Waals surface area contributed by atoms with Gasteiger partial charge in [-0.15, -0.1) is 0 Å². The number of hydrogen-bond donors (Lipinski definition) is 1. The molecule has 0 saturated carbocycles. The van der Waals surface area contributed by atoms with E-state index in [1.54, 1.807) is 39.0 Å². The van der Waals surface area contributed by atoms with Crippen LogP contribution in [-0.4, -0.2) is 30.9 Å². The fraction of sp³-hybridized carbons (Fsp3) is 0.435. The average Bonchev–Trinajstić information content (AvgIpc) is 2.67. The number of halogens is 1. The summed E-state index contributed by atoms with van der Waals surface area (Å²) in [5, 5.41) is 3.14. The van der Waals surface area contributed by atoms with E-state index in [1.165, 1.54) is 6.07 Å². The summed E-state index contributed by atoms with van der Waals surface area (Å²) in [6.45, 7) is 7.16. The lowest BCUT2D eigenvalue weighted by molar-refractivity contribution is -0.153. The summed E-state index contributed by atoms with van der Waals surface area (Å²) < 4.78 is 25.2. The lowest BCUT2D eigenvalue weighted by Crippen LogP contribution is -2.43. The molecule has 0 bridgehead atoms. The molecule has 0 amide bonds. The summed E-state index contributed by atoms with van der Waals surface area (Å²) in [7, 11) is 0. The molecule has 1 aromatic rings. The molecular formula is C23H26FNO5. The molecule has 1 aliphatic heterocycles. The number of ketones is 1. The van der Waals surface area contributed by atoms with Crippen LogP contribution in [0.5, 0.6) is 0 Å². The molecule has 160 valence electrons. The van der Waals surface area contributed by atoms with Crippen molar-refractivity contribution in [2.75, 3.05) is 13.2 Å². The smallest absolute Gasteiger partial charge is 0.336 e. The van der Waals surface area contributed by atoms with Crippen molar-refractivity contribution in [1.29, 1.82) is 0 Å².